The first-order valence-electron chi connectivity index (χ1n) is 7.72. The van der Waals surface area contributed by atoms with E-state index in [2.05, 4.69) is 39.8 Å². The van der Waals surface area contributed by atoms with E-state index < -0.39 is 0 Å². The second-order valence-corrected chi connectivity index (χ2v) is 6.17. The summed E-state index contributed by atoms with van der Waals surface area (Å²) in [5.41, 5.74) is 2.93. The van der Waals surface area contributed by atoms with Gasteiger partial charge >= 0.3 is 0 Å². The molecule has 0 aromatic rings. The van der Waals surface area contributed by atoms with Gasteiger partial charge in [0.1, 0.15) is 5.78 Å². The molecule has 19 heavy (non-hydrogen) atoms. The van der Waals surface area contributed by atoms with Crippen LogP contribution in [-0.2, 0) is 4.79 Å². The van der Waals surface area contributed by atoms with Crippen molar-refractivity contribution in [3.05, 3.63) is 23.3 Å². The largest absolute Gasteiger partial charge is 0.300 e. The summed E-state index contributed by atoms with van der Waals surface area (Å²) in [6, 6.07) is 0. The second kappa shape index (κ2) is 11.0. The number of rotatable bonds is 10. The summed E-state index contributed by atoms with van der Waals surface area (Å²) >= 11 is 0. The van der Waals surface area contributed by atoms with Crippen LogP contribution in [0.2, 0.25) is 0 Å². The molecule has 0 heterocycles. The van der Waals surface area contributed by atoms with Crippen LogP contribution in [0, 0.1) is 5.92 Å². The third-order valence-electron chi connectivity index (χ3n) is 3.37. The molecule has 0 saturated carbocycles. The van der Waals surface area contributed by atoms with E-state index in [9.17, 15) is 4.79 Å². The van der Waals surface area contributed by atoms with Crippen LogP contribution in [0.25, 0.3) is 0 Å². The van der Waals surface area contributed by atoms with Gasteiger partial charge in [0.15, 0.2) is 0 Å². The van der Waals surface area contributed by atoms with E-state index in [4.69, 9.17) is 0 Å². The van der Waals surface area contributed by atoms with Crippen LogP contribution in [0.5, 0.6) is 0 Å². The maximum absolute atomic E-state index is 10.8. The summed E-state index contributed by atoms with van der Waals surface area (Å²) < 4.78 is 0. The minimum atomic E-state index is 0.282. The van der Waals surface area contributed by atoms with E-state index in [0.717, 1.165) is 25.2 Å². The molecule has 0 bridgehead atoms. The third-order valence-corrected chi connectivity index (χ3v) is 3.37. The molecule has 0 aromatic heterocycles. The monoisotopic (exact) mass is 264 g/mol. The third kappa shape index (κ3) is 13.4. The summed E-state index contributed by atoms with van der Waals surface area (Å²) in [6.07, 6.45) is 12.3. The van der Waals surface area contributed by atoms with E-state index >= 15 is 0 Å². The molecule has 0 rings (SSSR count). The standard InChI is InChI=1S/C18H32O/c1-15(2)9-6-10-16(3)11-7-12-17(4)13-8-14-18(5)19/h11,13,15H,6-10,12,14H2,1-5H3/b16-11+,17-13-. The maximum atomic E-state index is 10.8. The summed E-state index contributed by atoms with van der Waals surface area (Å²) in [5, 5.41) is 0. The van der Waals surface area contributed by atoms with Crippen molar-refractivity contribution < 1.29 is 4.79 Å². The van der Waals surface area contributed by atoms with Crippen molar-refractivity contribution in [2.24, 2.45) is 5.92 Å². The fourth-order valence-electron chi connectivity index (χ4n) is 2.06. The minimum absolute atomic E-state index is 0.282. The van der Waals surface area contributed by atoms with Gasteiger partial charge in [0.05, 0.1) is 0 Å². The van der Waals surface area contributed by atoms with Gasteiger partial charge in [-0.25, -0.2) is 0 Å². The highest BCUT2D eigenvalue weighted by atomic mass is 16.1. The van der Waals surface area contributed by atoms with E-state index in [1.807, 2.05) is 0 Å². The quantitative estimate of drug-likeness (QED) is 0.452. The lowest BCUT2D eigenvalue weighted by Crippen LogP contribution is -1.88. The number of ketones is 1. The van der Waals surface area contributed by atoms with Crippen molar-refractivity contribution in [3.8, 4) is 0 Å². The number of hydrogen-bond donors (Lipinski definition) is 0. The zero-order valence-corrected chi connectivity index (χ0v) is 13.6. The average Bonchev–Trinajstić information content (AvgIpc) is 2.27. The van der Waals surface area contributed by atoms with Gasteiger partial charge in [-0.15, -0.1) is 0 Å². The Morgan fingerprint density at radius 1 is 0.895 bits per heavy atom. The van der Waals surface area contributed by atoms with E-state index in [0.29, 0.717) is 6.42 Å². The fourth-order valence-corrected chi connectivity index (χ4v) is 2.06. The van der Waals surface area contributed by atoms with Crippen LogP contribution in [0.3, 0.4) is 0 Å². The van der Waals surface area contributed by atoms with Crippen LogP contribution >= 0.6 is 0 Å². The molecule has 0 spiro atoms. The van der Waals surface area contributed by atoms with Gasteiger partial charge in [-0.05, 0) is 58.8 Å². The highest BCUT2D eigenvalue weighted by molar-refractivity contribution is 5.75. The van der Waals surface area contributed by atoms with Gasteiger partial charge in [-0.1, -0.05) is 43.6 Å². The van der Waals surface area contributed by atoms with E-state index in [-0.39, 0.29) is 5.78 Å². The lowest BCUT2D eigenvalue weighted by atomic mass is 10.0. The molecular weight excluding hydrogens is 232 g/mol. The van der Waals surface area contributed by atoms with E-state index in [1.165, 1.54) is 30.4 Å². The SMILES string of the molecule is CC(=O)CC/C=C(/C)CC/C=C(\C)CCCC(C)C. The topological polar surface area (TPSA) is 17.1 Å². The van der Waals surface area contributed by atoms with Crippen molar-refractivity contribution in [2.45, 2.75) is 79.6 Å². The predicted octanol–water partition coefficient (Wildman–Crippen LogP) is 5.85. The zero-order valence-electron chi connectivity index (χ0n) is 13.6. The number of Topliss-reactive ketones (excluding diaryl/α,β-unsaturated/α-hetero) is 1. The van der Waals surface area contributed by atoms with Gasteiger partial charge in [0.2, 0.25) is 0 Å². The summed E-state index contributed by atoms with van der Waals surface area (Å²) in [6.45, 7) is 10.6. The van der Waals surface area contributed by atoms with Crippen LogP contribution in [0.1, 0.15) is 79.6 Å². The van der Waals surface area contributed by atoms with Gasteiger partial charge in [0, 0.05) is 6.42 Å². The lowest BCUT2D eigenvalue weighted by Gasteiger charge is -2.05. The number of carbonyl (C=O) groups is 1. The van der Waals surface area contributed by atoms with Crippen LogP contribution in [0.15, 0.2) is 23.3 Å². The Morgan fingerprint density at radius 2 is 1.42 bits per heavy atom. The van der Waals surface area contributed by atoms with Crippen molar-refractivity contribution >= 4 is 5.78 Å². The highest BCUT2D eigenvalue weighted by Gasteiger charge is 1.96. The molecule has 0 radical (unpaired) electrons. The predicted molar refractivity (Wildman–Crippen MR) is 85.4 cm³/mol. The minimum Gasteiger partial charge on any atom is -0.300 e. The Kier molecular flexibility index (Phi) is 10.5. The molecule has 0 N–H and O–H groups in total. The van der Waals surface area contributed by atoms with Crippen molar-refractivity contribution in [2.75, 3.05) is 0 Å². The molecule has 0 amide bonds. The van der Waals surface area contributed by atoms with Crippen LogP contribution in [-0.4, -0.2) is 5.78 Å². The van der Waals surface area contributed by atoms with Gasteiger partial charge in [-0.2, -0.15) is 0 Å². The number of allylic oxidation sites excluding steroid dienone is 4. The molecule has 0 saturated heterocycles. The smallest absolute Gasteiger partial charge is 0.130 e. The zero-order chi connectivity index (χ0) is 14.7. The van der Waals surface area contributed by atoms with Crippen molar-refractivity contribution in [1.29, 1.82) is 0 Å². The Balaban J connectivity index is 3.77. The van der Waals surface area contributed by atoms with Gasteiger partial charge in [0.25, 0.3) is 0 Å². The Bertz CT molecular complexity index is 308. The number of hydrogen-bond acceptors (Lipinski definition) is 1. The molecule has 1 heteroatoms. The highest BCUT2D eigenvalue weighted by Crippen LogP contribution is 2.14. The number of carbonyl (C=O) groups excluding carboxylic acids is 1. The molecule has 0 atom stereocenters. The summed E-state index contributed by atoms with van der Waals surface area (Å²) in [7, 11) is 0. The molecular formula is C18H32O. The first-order valence-corrected chi connectivity index (χ1v) is 7.72. The van der Waals surface area contributed by atoms with Gasteiger partial charge < -0.3 is 4.79 Å². The molecule has 0 aromatic carbocycles. The van der Waals surface area contributed by atoms with E-state index in [1.54, 1.807) is 6.92 Å². The molecule has 1 nitrogen and oxygen atoms in total. The van der Waals surface area contributed by atoms with Crippen LogP contribution < -0.4 is 0 Å². The molecule has 0 fully saturated rings. The fraction of sp³-hybridized carbons (Fsp3) is 0.722. The maximum Gasteiger partial charge on any atom is 0.130 e. The van der Waals surface area contributed by atoms with Crippen LogP contribution in [0.4, 0.5) is 0 Å². The Morgan fingerprint density at radius 3 is 1.95 bits per heavy atom. The molecule has 0 aliphatic rings. The molecule has 0 unspecified atom stereocenters. The van der Waals surface area contributed by atoms with Crippen molar-refractivity contribution in [1.82, 2.24) is 0 Å². The second-order valence-electron chi connectivity index (χ2n) is 6.17. The first kappa shape index (κ1) is 18.1. The molecule has 0 aliphatic carbocycles. The Labute approximate surface area is 120 Å². The average molecular weight is 264 g/mol. The summed E-state index contributed by atoms with van der Waals surface area (Å²) in [4.78, 5) is 10.8. The first-order chi connectivity index (χ1) is 8.91. The van der Waals surface area contributed by atoms with Gasteiger partial charge in [-0.3, -0.25) is 0 Å². The molecule has 0 aliphatic heterocycles. The molecule has 110 valence electrons. The Hall–Kier alpha value is -0.850. The lowest BCUT2D eigenvalue weighted by molar-refractivity contribution is -0.116. The normalized spacial score (nSPS) is 13.2. The van der Waals surface area contributed by atoms with Crippen molar-refractivity contribution in [3.63, 3.8) is 0 Å². The summed E-state index contributed by atoms with van der Waals surface area (Å²) in [5.74, 6) is 1.10.